The highest BCUT2D eigenvalue weighted by molar-refractivity contribution is 7.09. The number of thiophene rings is 1. The van der Waals surface area contributed by atoms with E-state index in [4.69, 9.17) is 9.47 Å². The summed E-state index contributed by atoms with van der Waals surface area (Å²) in [5, 5.41) is 5.49. The van der Waals surface area contributed by atoms with Gasteiger partial charge in [-0.2, -0.15) is 0 Å². The number of nitrogens with one attached hydrogen (secondary N) is 1. The van der Waals surface area contributed by atoms with Crippen LogP contribution in [-0.4, -0.2) is 39.5 Å². The van der Waals surface area contributed by atoms with Gasteiger partial charge in [-0.15, -0.1) is 11.3 Å². The van der Waals surface area contributed by atoms with Gasteiger partial charge in [0, 0.05) is 24.6 Å². The molecule has 0 aliphatic heterocycles. The number of ether oxygens (including phenoxy) is 2. The number of rotatable bonds is 11. The van der Waals surface area contributed by atoms with Crippen LogP contribution in [0.25, 0.3) is 0 Å². The molecule has 0 atom stereocenters. The lowest BCUT2D eigenvalue weighted by Gasteiger charge is -2.06. The van der Waals surface area contributed by atoms with Crippen molar-refractivity contribution >= 4 is 11.3 Å². The molecular formula is C13H23NO2S. The molecule has 0 saturated carbocycles. The van der Waals surface area contributed by atoms with E-state index in [1.807, 2.05) is 11.3 Å². The highest BCUT2D eigenvalue weighted by Gasteiger charge is 1.93. The Labute approximate surface area is 108 Å². The molecule has 0 spiro atoms. The summed E-state index contributed by atoms with van der Waals surface area (Å²) in [7, 11) is 0. The van der Waals surface area contributed by atoms with Crippen LogP contribution in [0.2, 0.25) is 0 Å². The summed E-state index contributed by atoms with van der Waals surface area (Å²) >= 11 is 1.81. The van der Waals surface area contributed by atoms with E-state index in [1.54, 1.807) is 0 Å². The van der Waals surface area contributed by atoms with Crippen molar-refractivity contribution in [3.8, 4) is 0 Å². The minimum Gasteiger partial charge on any atom is -0.379 e. The largest absolute Gasteiger partial charge is 0.379 e. The van der Waals surface area contributed by atoms with E-state index in [2.05, 4.69) is 29.8 Å². The average molecular weight is 257 g/mol. The van der Waals surface area contributed by atoms with Crippen molar-refractivity contribution in [2.45, 2.75) is 19.8 Å². The zero-order chi connectivity index (χ0) is 12.2. The van der Waals surface area contributed by atoms with Crippen LogP contribution in [0.15, 0.2) is 17.5 Å². The van der Waals surface area contributed by atoms with Gasteiger partial charge in [-0.05, 0) is 24.3 Å². The van der Waals surface area contributed by atoms with Gasteiger partial charge in [-0.1, -0.05) is 13.0 Å². The molecule has 0 saturated heterocycles. The molecule has 0 amide bonds. The fraction of sp³-hybridized carbons (Fsp3) is 0.692. The molecule has 0 aliphatic carbocycles. The van der Waals surface area contributed by atoms with Gasteiger partial charge in [-0.3, -0.25) is 0 Å². The Morgan fingerprint density at radius 2 is 1.94 bits per heavy atom. The fourth-order valence-corrected chi connectivity index (χ4v) is 2.11. The third-order valence-corrected chi connectivity index (χ3v) is 3.21. The maximum absolute atomic E-state index is 5.43. The molecule has 0 aromatic carbocycles. The van der Waals surface area contributed by atoms with Crippen LogP contribution >= 0.6 is 11.3 Å². The smallest absolute Gasteiger partial charge is 0.0701 e. The molecule has 4 heteroatoms. The lowest BCUT2D eigenvalue weighted by atomic mass is 10.3. The normalized spacial score (nSPS) is 10.9. The van der Waals surface area contributed by atoms with Gasteiger partial charge in [0.25, 0.3) is 0 Å². The molecule has 1 N–H and O–H groups in total. The Bertz CT molecular complexity index is 252. The molecule has 0 bridgehead atoms. The zero-order valence-electron chi connectivity index (χ0n) is 10.6. The predicted molar refractivity (Wildman–Crippen MR) is 72.8 cm³/mol. The molecule has 0 unspecified atom stereocenters. The van der Waals surface area contributed by atoms with E-state index in [-0.39, 0.29) is 0 Å². The zero-order valence-corrected chi connectivity index (χ0v) is 11.4. The third kappa shape index (κ3) is 8.32. The lowest BCUT2D eigenvalue weighted by Crippen LogP contribution is -2.22. The minimum atomic E-state index is 0.701. The van der Waals surface area contributed by atoms with Gasteiger partial charge in [0.15, 0.2) is 0 Å². The van der Waals surface area contributed by atoms with Crippen LogP contribution in [0, 0.1) is 0 Å². The van der Waals surface area contributed by atoms with Gasteiger partial charge < -0.3 is 14.8 Å². The highest BCUT2D eigenvalue weighted by atomic mass is 32.1. The molecule has 1 aromatic heterocycles. The summed E-state index contributed by atoms with van der Waals surface area (Å²) < 4.78 is 10.7. The molecule has 1 aromatic rings. The van der Waals surface area contributed by atoms with Crippen LogP contribution in [0.3, 0.4) is 0 Å². The van der Waals surface area contributed by atoms with E-state index in [9.17, 15) is 0 Å². The van der Waals surface area contributed by atoms with Crippen molar-refractivity contribution < 1.29 is 9.47 Å². The van der Waals surface area contributed by atoms with Crippen molar-refractivity contribution in [3.63, 3.8) is 0 Å². The van der Waals surface area contributed by atoms with Gasteiger partial charge >= 0.3 is 0 Å². The summed E-state index contributed by atoms with van der Waals surface area (Å²) in [5.41, 5.74) is 0. The summed E-state index contributed by atoms with van der Waals surface area (Å²) in [5.74, 6) is 0. The van der Waals surface area contributed by atoms with Crippen LogP contribution < -0.4 is 5.32 Å². The number of hydrogen-bond donors (Lipinski definition) is 1. The maximum atomic E-state index is 5.43. The van der Waals surface area contributed by atoms with Crippen LogP contribution in [0.1, 0.15) is 18.2 Å². The quantitative estimate of drug-likeness (QED) is 0.617. The Morgan fingerprint density at radius 3 is 2.65 bits per heavy atom. The van der Waals surface area contributed by atoms with Crippen molar-refractivity contribution in [2.75, 3.05) is 39.5 Å². The first-order valence-corrected chi connectivity index (χ1v) is 7.20. The van der Waals surface area contributed by atoms with Crippen LogP contribution in [0.4, 0.5) is 0 Å². The van der Waals surface area contributed by atoms with Crippen LogP contribution in [0.5, 0.6) is 0 Å². The first kappa shape index (κ1) is 14.6. The topological polar surface area (TPSA) is 30.5 Å². The SMILES string of the molecule is CCCOCCOCCNCCc1cccs1. The van der Waals surface area contributed by atoms with E-state index in [1.165, 1.54) is 4.88 Å². The van der Waals surface area contributed by atoms with E-state index < -0.39 is 0 Å². The van der Waals surface area contributed by atoms with Crippen molar-refractivity contribution in [3.05, 3.63) is 22.4 Å². The molecule has 0 fully saturated rings. The second-order valence-electron chi connectivity index (χ2n) is 3.80. The molecule has 17 heavy (non-hydrogen) atoms. The van der Waals surface area contributed by atoms with Gasteiger partial charge in [0.05, 0.1) is 19.8 Å². The third-order valence-electron chi connectivity index (χ3n) is 2.27. The Hall–Kier alpha value is -0.420. The monoisotopic (exact) mass is 257 g/mol. The van der Waals surface area contributed by atoms with E-state index in [0.717, 1.165) is 39.1 Å². The van der Waals surface area contributed by atoms with E-state index >= 15 is 0 Å². The van der Waals surface area contributed by atoms with Gasteiger partial charge in [-0.25, -0.2) is 0 Å². The molecule has 1 rings (SSSR count). The number of hydrogen-bond acceptors (Lipinski definition) is 4. The second kappa shape index (κ2) is 10.7. The first-order valence-electron chi connectivity index (χ1n) is 6.32. The van der Waals surface area contributed by atoms with Crippen molar-refractivity contribution in [1.82, 2.24) is 5.32 Å². The van der Waals surface area contributed by atoms with Crippen molar-refractivity contribution in [2.24, 2.45) is 0 Å². The van der Waals surface area contributed by atoms with Gasteiger partial charge in [0.2, 0.25) is 0 Å². The molecule has 3 nitrogen and oxygen atoms in total. The molecule has 0 aliphatic rings. The summed E-state index contributed by atoms with van der Waals surface area (Å²) in [6, 6.07) is 4.27. The summed E-state index contributed by atoms with van der Waals surface area (Å²) in [6.07, 6.45) is 2.18. The Balaban J connectivity index is 1.76. The fourth-order valence-electron chi connectivity index (χ4n) is 1.40. The average Bonchev–Trinajstić information content (AvgIpc) is 2.85. The molecule has 0 radical (unpaired) electrons. The Kier molecular flexibility index (Phi) is 9.23. The summed E-state index contributed by atoms with van der Waals surface area (Å²) in [6.45, 7) is 7.06. The summed E-state index contributed by atoms with van der Waals surface area (Å²) in [4.78, 5) is 1.44. The highest BCUT2D eigenvalue weighted by Crippen LogP contribution is 2.07. The van der Waals surface area contributed by atoms with Crippen molar-refractivity contribution in [1.29, 1.82) is 0 Å². The Morgan fingerprint density at radius 1 is 1.12 bits per heavy atom. The molecule has 98 valence electrons. The predicted octanol–water partition coefficient (Wildman–Crippen LogP) is 2.32. The standard InChI is InChI=1S/C13H23NO2S/c1-2-8-15-10-11-16-9-7-14-6-5-13-4-3-12-17-13/h3-4,12,14H,2,5-11H2,1H3. The maximum Gasteiger partial charge on any atom is 0.0701 e. The molecule has 1 heterocycles. The first-order chi connectivity index (χ1) is 8.43. The van der Waals surface area contributed by atoms with E-state index in [0.29, 0.717) is 13.2 Å². The molecular weight excluding hydrogens is 234 g/mol. The van der Waals surface area contributed by atoms with Crippen LogP contribution in [-0.2, 0) is 15.9 Å². The lowest BCUT2D eigenvalue weighted by molar-refractivity contribution is 0.0491. The van der Waals surface area contributed by atoms with Gasteiger partial charge in [0.1, 0.15) is 0 Å². The second-order valence-corrected chi connectivity index (χ2v) is 4.84. The minimum absolute atomic E-state index is 0.701.